The van der Waals surface area contributed by atoms with Crippen LogP contribution in [0.15, 0.2) is 75.9 Å². The molecule has 1 N–H and O–H groups in total. The standard InChI is InChI=1S/C21H17N3O5/c1-26-15-10-8-14(9-11-15)22-19(25)13-28-17-6-3-2-5-16(17)20-23-21(29-24-20)18-7-4-12-27-18/h2-12H,13H2,1H3,(H,22,25). The van der Waals surface area contributed by atoms with Crippen LogP contribution in [0.3, 0.4) is 0 Å². The zero-order valence-electron chi connectivity index (χ0n) is 15.5. The summed E-state index contributed by atoms with van der Waals surface area (Å²) < 4.78 is 21.3. The summed E-state index contributed by atoms with van der Waals surface area (Å²) in [6, 6.07) is 17.6. The van der Waals surface area contributed by atoms with Crippen LogP contribution < -0.4 is 14.8 Å². The number of benzene rings is 2. The Morgan fingerprint density at radius 1 is 1.07 bits per heavy atom. The van der Waals surface area contributed by atoms with E-state index in [4.69, 9.17) is 18.4 Å². The fourth-order valence-corrected chi connectivity index (χ4v) is 2.63. The van der Waals surface area contributed by atoms with Crippen LogP contribution in [-0.2, 0) is 4.79 Å². The van der Waals surface area contributed by atoms with Gasteiger partial charge in [0, 0.05) is 5.69 Å². The Balaban J connectivity index is 1.44. The van der Waals surface area contributed by atoms with E-state index >= 15 is 0 Å². The number of anilines is 1. The lowest BCUT2D eigenvalue weighted by Crippen LogP contribution is -2.20. The van der Waals surface area contributed by atoms with Crippen LogP contribution in [0.1, 0.15) is 0 Å². The van der Waals surface area contributed by atoms with Gasteiger partial charge in [0.05, 0.1) is 18.9 Å². The van der Waals surface area contributed by atoms with Gasteiger partial charge < -0.3 is 23.7 Å². The van der Waals surface area contributed by atoms with E-state index < -0.39 is 0 Å². The number of nitrogens with zero attached hydrogens (tertiary/aromatic N) is 2. The van der Waals surface area contributed by atoms with Crippen molar-refractivity contribution in [1.82, 2.24) is 10.1 Å². The van der Waals surface area contributed by atoms with Crippen LogP contribution >= 0.6 is 0 Å². The van der Waals surface area contributed by atoms with Crippen molar-refractivity contribution in [2.75, 3.05) is 19.0 Å². The molecule has 0 atom stereocenters. The molecule has 0 bridgehead atoms. The van der Waals surface area contributed by atoms with Crippen molar-refractivity contribution in [3.8, 4) is 34.5 Å². The molecular formula is C21H17N3O5. The van der Waals surface area contributed by atoms with Crippen LogP contribution in [-0.4, -0.2) is 29.8 Å². The van der Waals surface area contributed by atoms with Crippen LogP contribution in [0.4, 0.5) is 5.69 Å². The number of furan rings is 1. The highest BCUT2D eigenvalue weighted by Gasteiger charge is 2.16. The molecule has 29 heavy (non-hydrogen) atoms. The van der Waals surface area contributed by atoms with E-state index in [1.807, 2.05) is 6.07 Å². The Morgan fingerprint density at radius 2 is 1.90 bits per heavy atom. The van der Waals surface area contributed by atoms with Gasteiger partial charge in [-0.25, -0.2) is 0 Å². The van der Waals surface area contributed by atoms with Gasteiger partial charge in [0.25, 0.3) is 11.8 Å². The molecule has 1 amide bonds. The Bertz CT molecular complexity index is 1090. The van der Waals surface area contributed by atoms with Gasteiger partial charge in [-0.3, -0.25) is 4.79 Å². The average molecular weight is 391 g/mol. The third-order valence-electron chi connectivity index (χ3n) is 4.02. The van der Waals surface area contributed by atoms with Gasteiger partial charge in [-0.2, -0.15) is 4.98 Å². The molecule has 4 rings (SSSR count). The van der Waals surface area contributed by atoms with Crippen molar-refractivity contribution in [3.05, 3.63) is 66.9 Å². The van der Waals surface area contributed by atoms with Gasteiger partial charge >= 0.3 is 0 Å². The monoisotopic (exact) mass is 391 g/mol. The molecule has 0 unspecified atom stereocenters. The number of methoxy groups -OCH3 is 1. The minimum atomic E-state index is -0.297. The second-order valence-electron chi connectivity index (χ2n) is 5.96. The van der Waals surface area contributed by atoms with E-state index in [0.717, 1.165) is 0 Å². The SMILES string of the molecule is COc1ccc(NC(=O)COc2ccccc2-c2noc(-c3ccco3)n2)cc1. The second kappa shape index (κ2) is 8.30. The van der Waals surface area contributed by atoms with Crippen LogP contribution in [0, 0.1) is 0 Å². The molecule has 0 aliphatic rings. The number of rotatable bonds is 7. The molecular weight excluding hydrogens is 374 g/mol. The van der Waals surface area contributed by atoms with Gasteiger partial charge in [-0.1, -0.05) is 17.3 Å². The number of carbonyl (C=O) groups excluding carboxylic acids is 1. The molecule has 0 fully saturated rings. The molecule has 8 heteroatoms. The first-order chi connectivity index (χ1) is 14.2. The van der Waals surface area contributed by atoms with Gasteiger partial charge in [0.2, 0.25) is 5.82 Å². The molecule has 0 spiro atoms. The maximum Gasteiger partial charge on any atom is 0.293 e. The number of carbonyl (C=O) groups is 1. The van der Waals surface area contributed by atoms with Crippen LogP contribution in [0.5, 0.6) is 11.5 Å². The lowest BCUT2D eigenvalue weighted by molar-refractivity contribution is -0.118. The minimum absolute atomic E-state index is 0.175. The average Bonchev–Trinajstić information content (AvgIpc) is 3.45. The van der Waals surface area contributed by atoms with Crippen LogP contribution in [0.2, 0.25) is 0 Å². The molecule has 0 aliphatic heterocycles. The lowest BCUT2D eigenvalue weighted by Gasteiger charge is -2.10. The summed E-state index contributed by atoms with van der Waals surface area (Å²) >= 11 is 0. The number of para-hydroxylation sites is 1. The van der Waals surface area contributed by atoms with Crippen molar-refractivity contribution < 1.29 is 23.2 Å². The highest BCUT2D eigenvalue weighted by molar-refractivity contribution is 5.92. The second-order valence-corrected chi connectivity index (χ2v) is 5.96. The van der Waals surface area contributed by atoms with Crippen molar-refractivity contribution in [1.29, 1.82) is 0 Å². The maximum absolute atomic E-state index is 12.2. The molecule has 0 aliphatic carbocycles. The van der Waals surface area contributed by atoms with Crippen LogP contribution in [0.25, 0.3) is 23.0 Å². The van der Waals surface area contributed by atoms with E-state index in [9.17, 15) is 4.79 Å². The first-order valence-electron chi connectivity index (χ1n) is 8.76. The smallest absolute Gasteiger partial charge is 0.293 e. The van der Waals surface area contributed by atoms with Gasteiger partial charge in [0.1, 0.15) is 11.5 Å². The predicted molar refractivity (Wildman–Crippen MR) is 105 cm³/mol. The summed E-state index contributed by atoms with van der Waals surface area (Å²) in [5.74, 6) is 1.95. The number of hydrogen-bond acceptors (Lipinski definition) is 7. The molecule has 4 aromatic rings. The molecule has 2 heterocycles. The summed E-state index contributed by atoms with van der Waals surface area (Å²) in [7, 11) is 1.58. The fourth-order valence-electron chi connectivity index (χ4n) is 2.63. The zero-order valence-corrected chi connectivity index (χ0v) is 15.5. The Morgan fingerprint density at radius 3 is 2.66 bits per heavy atom. The summed E-state index contributed by atoms with van der Waals surface area (Å²) in [5.41, 5.74) is 1.25. The predicted octanol–water partition coefficient (Wildman–Crippen LogP) is 4.02. The van der Waals surface area contributed by atoms with Crippen molar-refractivity contribution in [2.24, 2.45) is 0 Å². The Kier molecular flexibility index (Phi) is 5.24. The highest BCUT2D eigenvalue weighted by Crippen LogP contribution is 2.29. The van der Waals surface area contributed by atoms with Gasteiger partial charge in [-0.05, 0) is 48.5 Å². The third-order valence-corrected chi connectivity index (χ3v) is 4.02. The molecule has 0 radical (unpaired) electrons. The van der Waals surface area contributed by atoms with Crippen molar-refractivity contribution in [3.63, 3.8) is 0 Å². The normalized spacial score (nSPS) is 10.5. The first kappa shape index (κ1) is 18.3. The number of amides is 1. The number of nitrogens with one attached hydrogen (secondary N) is 1. The van der Waals surface area contributed by atoms with E-state index in [-0.39, 0.29) is 18.4 Å². The van der Waals surface area contributed by atoms with Gasteiger partial charge in [-0.15, -0.1) is 0 Å². The van der Waals surface area contributed by atoms with E-state index in [1.54, 1.807) is 61.7 Å². The summed E-state index contributed by atoms with van der Waals surface area (Å²) in [4.78, 5) is 16.5. The maximum atomic E-state index is 12.2. The fraction of sp³-hybridized carbons (Fsp3) is 0.0952. The minimum Gasteiger partial charge on any atom is -0.497 e. The van der Waals surface area contributed by atoms with Crippen molar-refractivity contribution >= 4 is 11.6 Å². The van der Waals surface area contributed by atoms with Gasteiger partial charge in [0.15, 0.2) is 12.4 Å². The number of aromatic nitrogens is 2. The Labute approximate surface area is 166 Å². The van der Waals surface area contributed by atoms with E-state index in [2.05, 4.69) is 15.5 Å². The first-order valence-corrected chi connectivity index (χ1v) is 8.76. The number of ether oxygens (including phenoxy) is 2. The largest absolute Gasteiger partial charge is 0.497 e. The summed E-state index contributed by atoms with van der Waals surface area (Å²) in [6.45, 7) is -0.175. The molecule has 2 aromatic heterocycles. The Hall–Kier alpha value is -4.07. The highest BCUT2D eigenvalue weighted by atomic mass is 16.5. The molecule has 8 nitrogen and oxygen atoms in total. The lowest BCUT2D eigenvalue weighted by atomic mass is 10.2. The summed E-state index contributed by atoms with van der Waals surface area (Å²) in [6.07, 6.45) is 1.53. The third kappa shape index (κ3) is 4.27. The molecule has 0 saturated heterocycles. The molecule has 2 aromatic carbocycles. The van der Waals surface area contributed by atoms with E-state index in [0.29, 0.717) is 34.3 Å². The summed E-state index contributed by atoms with van der Waals surface area (Å²) in [5, 5.41) is 6.74. The number of hydrogen-bond donors (Lipinski definition) is 1. The quantitative estimate of drug-likeness (QED) is 0.508. The molecule has 146 valence electrons. The van der Waals surface area contributed by atoms with E-state index in [1.165, 1.54) is 6.26 Å². The molecule has 0 saturated carbocycles. The topological polar surface area (TPSA) is 99.6 Å². The van der Waals surface area contributed by atoms with Crippen molar-refractivity contribution in [2.45, 2.75) is 0 Å². The zero-order chi connectivity index (χ0) is 20.1.